The lowest BCUT2D eigenvalue weighted by Crippen LogP contribution is -2.40. The van der Waals surface area contributed by atoms with Crippen LogP contribution in [0.5, 0.6) is 0 Å². The lowest BCUT2D eigenvalue weighted by atomic mass is 10.2. The van der Waals surface area contributed by atoms with Crippen LogP contribution < -0.4 is 16.4 Å². The molecule has 1 aromatic rings. The quantitative estimate of drug-likeness (QED) is 0.589. The van der Waals surface area contributed by atoms with E-state index in [-0.39, 0.29) is 35.7 Å². The molecule has 1 atom stereocenters. The maximum Gasteiger partial charge on any atom is 0.243 e. The first kappa shape index (κ1) is 23.6. The average Bonchev–Trinajstić information content (AvgIpc) is 2.62. The van der Waals surface area contributed by atoms with E-state index in [1.165, 1.54) is 10.4 Å². The highest BCUT2D eigenvalue weighted by molar-refractivity contribution is 7.89. The number of morpholine rings is 1. The van der Waals surface area contributed by atoms with Gasteiger partial charge in [0.05, 0.1) is 29.5 Å². The molecule has 1 fully saturated rings. The molecular weight excluding hydrogens is 392 g/mol. The molecule has 1 unspecified atom stereocenters. The molecule has 27 heavy (non-hydrogen) atoms. The third-order valence-corrected chi connectivity index (χ3v) is 5.96. The number of sulfonamides is 1. The van der Waals surface area contributed by atoms with Gasteiger partial charge in [0.1, 0.15) is 0 Å². The second kappa shape index (κ2) is 10.8. The highest BCUT2D eigenvalue weighted by atomic mass is 35.5. The molecule has 1 aromatic carbocycles. The normalized spacial score (nSPS) is 16.3. The highest BCUT2D eigenvalue weighted by Gasteiger charge is 2.27. The molecule has 4 N–H and O–H groups in total. The predicted molar refractivity (Wildman–Crippen MR) is 109 cm³/mol. The van der Waals surface area contributed by atoms with Crippen molar-refractivity contribution in [2.24, 2.45) is 5.73 Å². The van der Waals surface area contributed by atoms with E-state index >= 15 is 0 Å². The van der Waals surface area contributed by atoms with Crippen LogP contribution in [0.1, 0.15) is 26.7 Å². The van der Waals surface area contributed by atoms with Crippen molar-refractivity contribution in [2.45, 2.75) is 37.6 Å². The maximum atomic E-state index is 12.8. The molecule has 8 nitrogen and oxygen atoms in total. The Morgan fingerprint density at radius 1 is 1.30 bits per heavy atom. The summed E-state index contributed by atoms with van der Waals surface area (Å²) in [6.45, 7) is 5.84. The van der Waals surface area contributed by atoms with Gasteiger partial charge in [0.25, 0.3) is 0 Å². The van der Waals surface area contributed by atoms with Gasteiger partial charge in [-0.15, -0.1) is 12.4 Å². The van der Waals surface area contributed by atoms with E-state index in [1.54, 1.807) is 12.1 Å². The van der Waals surface area contributed by atoms with Gasteiger partial charge < -0.3 is 21.1 Å². The van der Waals surface area contributed by atoms with Crippen LogP contribution in [0.2, 0.25) is 0 Å². The Morgan fingerprint density at radius 2 is 1.96 bits per heavy atom. The monoisotopic (exact) mass is 420 g/mol. The van der Waals surface area contributed by atoms with Gasteiger partial charge in [0, 0.05) is 32.1 Å². The van der Waals surface area contributed by atoms with E-state index in [0.29, 0.717) is 50.6 Å². The minimum atomic E-state index is -3.62. The van der Waals surface area contributed by atoms with Gasteiger partial charge in [-0.1, -0.05) is 0 Å². The Morgan fingerprint density at radius 3 is 2.56 bits per heavy atom. The first-order chi connectivity index (χ1) is 12.3. The van der Waals surface area contributed by atoms with Crippen molar-refractivity contribution in [1.29, 1.82) is 0 Å². The van der Waals surface area contributed by atoms with E-state index in [0.717, 1.165) is 0 Å². The molecule has 1 heterocycles. The van der Waals surface area contributed by atoms with Crippen molar-refractivity contribution in [2.75, 3.05) is 43.5 Å². The van der Waals surface area contributed by atoms with Crippen molar-refractivity contribution >= 4 is 39.7 Å². The van der Waals surface area contributed by atoms with Gasteiger partial charge in [0.2, 0.25) is 15.9 Å². The van der Waals surface area contributed by atoms with Crippen LogP contribution in [0, 0.1) is 0 Å². The van der Waals surface area contributed by atoms with Gasteiger partial charge in [-0.05, 0) is 38.5 Å². The molecule has 1 aliphatic rings. The van der Waals surface area contributed by atoms with E-state index in [1.807, 2.05) is 13.8 Å². The molecule has 1 saturated heterocycles. The van der Waals surface area contributed by atoms with Crippen molar-refractivity contribution in [1.82, 2.24) is 4.31 Å². The zero-order valence-electron chi connectivity index (χ0n) is 15.7. The highest BCUT2D eigenvalue weighted by Crippen LogP contribution is 2.28. The first-order valence-electron chi connectivity index (χ1n) is 8.86. The first-order valence-corrected chi connectivity index (χ1v) is 10.3. The molecule has 154 valence electrons. The van der Waals surface area contributed by atoms with Crippen LogP contribution in [-0.4, -0.2) is 57.5 Å². The number of benzene rings is 1. The fourth-order valence-electron chi connectivity index (χ4n) is 2.64. The molecule has 0 aliphatic carbocycles. The number of carbonyl (C=O) groups is 1. The minimum absolute atomic E-state index is 0. The second-order valence-electron chi connectivity index (χ2n) is 6.32. The standard InChI is InChI=1S/C17H28N4O4S.ClH/c1-3-19-15-6-5-14(26(23,24)21-8-10-25-11-9-21)12-16(15)20-17(22)7-4-13(2)18;/h5-6,12-13,19H,3-4,7-11,18H2,1-2H3,(H,20,22);1H. The molecule has 0 spiro atoms. The summed E-state index contributed by atoms with van der Waals surface area (Å²) < 4.78 is 32.3. The zero-order chi connectivity index (χ0) is 19.2. The zero-order valence-corrected chi connectivity index (χ0v) is 17.4. The Labute approximate surface area is 167 Å². The second-order valence-corrected chi connectivity index (χ2v) is 8.26. The number of hydrogen-bond acceptors (Lipinski definition) is 6. The fourth-order valence-corrected chi connectivity index (χ4v) is 4.07. The lowest BCUT2D eigenvalue weighted by Gasteiger charge is -2.26. The van der Waals surface area contributed by atoms with Gasteiger partial charge in [-0.2, -0.15) is 4.31 Å². The van der Waals surface area contributed by atoms with E-state index in [2.05, 4.69) is 10.6 Å². The molecule has 1 amide bonds. The largest absolute Gasteiger partial charge is 0.384 e. The predicted octanol–water partition coefficient (Wildman–Crippen LogP) is 1.63. The number of anilines is 2. The molecule has 10 heteroatoms. The molecule has 0 bridgehead atoms. The summed E-state index contributed by atoms with van der Waals surface area (Å²) in [4.78, 5) is 12.3. The lowest BCUT2D eigenvalue weighted by molar-refractivity contribution is -0.116. The van der Waals surface area contributed by atoms with Gasteiger partial charge >= 0.3 is 0 Å². The van der Waals surface area contributed by atoms with Crippen LogP contribution in [0.15, 0.2) is 23.1 Å². The maximum absolute atomic E-state index is 12.8. The third kappa shape index (κ3) is 6.62. The number of halogens is 1. The molecule has 1 aliphatic heterocycles. The number of nitrogens with one attached hydrogen (secondary N) is 2. The van der Waals surface area contributed by atoms with Crippen LogP contribution in [0.4, 0.5) is 11.4 Å². The SMILES string of the molecule is CCNc1ccc(S(=O)(=O)N2CCOCC2)cc1NC(=O)CCC(C)N.Cl. The van der Waals surface area contributed by atoms with Crippen LogP contribution in [-0.2, 0) is 19.6 Å². The molecule has 0 saturated carbocycles. The van der Waals surface area contributed by atoms with Crippen molar-refractivity contribution < 1.29 is 17.9 Å². The van der Waals surface area contributed by atoms with Gasteiger partial charge in [0.15, 0.2) is 0 Å². The Balaban J connectivity index is 0.00000364. The minimum Gasteiger partial charge on any atom is -0.384 e. The van der Waals surface area contributed by atoms with Gasteiger partial charge in [-0.3, -0.25) is 4.79 Å². The molecule has 2 rings (SSSR count). The topological polar surface area (TPSA) is 114 Å². The van der Waals surface area contributed by atoms with Crippen LogP contribution in [0.3, 0.4) is 0 Å². The molecule has 0 radical (unpaired) electrons. The third-order valence-electron chi connectivity index (χ3n) is 4.07. The molecular formula is C17H29ClN4O4S. The summed E-state index contributed by atoms with van der Waals surface area (Å²) in [5.74, 6) is -0.192. The summed E-state index contributed by atoms with van der Waals surface area (Å²) in [6, 6.07) is 4.67. The number of hydrogen-bond donors (Lipinski definition) is 3. The Kier molecular flexibility index (Phi) is 9.48. The fraction of sp³-hybridized carbons (Fsp3) is 0.588. The number of carbonyl (C=O) groups excluding carboxylic acids is 1. The number of nitrogens with two attached hydrogens (primary N) is 1. The van der Waals surface area contributed by atoms with Gasteiger partial charge in [-0.25, -0.2) is 8.42 Å². The van der Waals surface area contributed by atoms with Crippen molar-refractivity contribution in [3.63, 3.8) is 0 Å². The Bertz CT molecular complexity index is 722. The van der Waals surface area contributed by atoms with E-state index in [4.69, 9.17) is 10.5 Å². The number of amides is 1. The van der Waals surface area contributed by atoms with Crippen molar-refractivity contribution in [3.05, 3.63) is 18.2 Å². The summed E-state index contributed by atoms with van der Waals surface area (Å²) in [6.07, 6.45) is 0.845. The summed E-state index contributed by atoms with van der Waals surface area (Å²) in [7, 11) is -3.62. The smallest absolute Gasteiger partial charge is 0.243 e. The molecule has 0 aromatic heterocycles. The summed E-state index contributed by atoms with van der Waals surface area (Å²) in [5.41, 5.74) is 6.83. The van der Waals surface area contributed by atoms with Crippen molar-refractivity contribution in [3.8, 4) is 0 Å². The summed E-state index contributed by atoms with van der Waals surface area (Å²) in [5, 5.41) is 5.94. The summed E-state index contributed by atoms with van der Waals surface area (Å²) >= 11 is 0. The number of ether oxygens (including phenoxy) is 1. The average molecular weight is 421 g/mol. The van der Waals surface area contributed by atoms with E-state index in [9.17, 15) is 13.2 Å². The number of nitrogens with zero attached hydrogens (tertiary/aromatic N) is 1. The van der Waals surface area contributed by atoms with E-state index < -0.39 is 10.0 Å². The van der Waals surface area contributed by atoms with Crippen LogP contribution in [0.25, 0.3) is 0 Å². The van der Waals surface area contributed by atoms with Crippen LogP contribution >= 0.6 is 12.4 Å². The Hall–Kier alpha value is -1.39. The number of rotatable bonds is 8.